The summed E-state index contributed by atoms with van der Waals surface area (Å²) >= 11 is 0. The molecule has 1 aromatic rings. The van der Waals surface area contributed by atoms with Gasteiger partial charge in [0.15, 0.2) is 0 Å². The molecule has 1 saturated carbocycles. The van der Waals surface area contributed by atoms with Crippen LogP contribution in [0.3, 0.4) is 0 Å². The van der Waals surface area contributed by atoms with Crippen LogP contribution in [-0.4, -0.2) is 17.1 Å². The fourth-order valence-electron chi connectivity index (χ4n) is 2.78. The van der Waals surface area contributed by atoms with Crippen molar-refractivity contribution >= 4 is 5.97 Å². The van der Waals surface area contributed by atoms with E-state index >= 15 is 0 Å². The SMILES string of the molecule is C[C@@H](NCc1ccccc1C(=O)O)C1CCCC1. The number of hydrogen-bond donors (Lipinski definition) is 2. The third-order valence-corrected chi connectivity index (χ3v) is 3.97. The molecule has 0 spiro atoms. The number of hydrogen-bond acceptors (Lipinski definition) is 2. The van der Waals surface area contributed by atoms with E-state index in [-0.39, 0.29) is 0 Å². The molecule has 3 nitrogen and oxygen atoms in total. The van der Waals surface area contributed by atoms with E-state index in [2.05, 4.69) is 12.2 Å². The highest BCUT2D eigenvalue weighted by Crippen LogP contribution is 2.27. The quantitative estimate of drug-likeness (QED) is 0.840. The van der Waals surface area contributed by atoms with Crippen LogP contribution in [0.15, 0.2) is 24.3 Å². The molecule has 3 heteroatoms. The molecule has 0 radical (unpaired) electrons. The fraction of sp³-hybridized carbons (Fsp3) is 0.533. The molecule has 0 unspecified atom stereocenters. The molecule has 2 N–H and O–H groups in total. The Morgan fingerprint density at radius 2 is 2.06 bits per heavy atom. The summed E-state index contributed by atoms with van der Waals surface area (Å²) < 4.78 is 0. The largest absolute Gasteiger partial charge is 0.478 e. The molecule has 0 amide bonds. The topological polar surface area (TPSA) is 49.3 Å². The molecule has 0 bridgehead atoms. The molecule has 1 aliphatic rings. The van der Waals surface area contributed by atoms with Crippen molar-refractivity contribution in [2.75, 3.05) is 0 Å². The second-order valence-electron chi connectivity index (χ2n) is 5.18. The predicted octanol–water partition coefficient (Wildman–Crippen LogP) is 3.05. The molecule has 1 aromatic carbocycles. The molecule has 0 heterocycles. The lowest BCUT2D eigenvalue weighted by molar-refractivity contribution is 0.0695. The van der Waals surface area contributed by atoms with Crippen LogP contribution in [0.5, 0.6) is 0 Å². The van der Waals surface area contributed by atoms with Crippen molar-refractivity contribution in [3.05, 3.63) is 35.4 Å². The van der Waals surface area contributed by atoms with Crippen LogP contribution in [-0.2, 0) is 6.54 Å². The van der Waals surface area contributed by atoms with Crippen LogP contribution in [0.2, 0.25) is 0 Å². The molecular weight excluding hydrogens is 226 g/mol. The first-order valence-corrected chi connectivity index (χ1v) is 6.73. The smallest absolute Gasteiger partial charge is 0.336 e. The Hall–Kier alpha value is -1.35. The molecule has 0 aromatic heterocycles. The zero-order chi connectivity index (χ0) is 13.0. The van der Waals surface area contributed by atoms with Crippen molar-refractivity contribution in [3.63, 3.8) is 0 Å². The lowest BCUT2D eigenvalue weighted by Crippen LogP contribution is -2.32. The van der Waals surface area contributed by atoms with Gasteiger partial charge in [-0.2, -0.15) is 0 Å². The summed E-state index contributed by atoms with van der Waals surface area (Å²) in [6.45, 7) is 2.85. The summed E-state index contributed by atoms with van der Waals surface area (Å²) in [6, 6.07) is 7.68. The number of rotatable bonds is 5. The minimum Gasteiger partial charge on any atom is -0.478 e. The summed E-state index contributed by atoms with van der Waals surface area (Å²) in [5, 5.41) is 12.6. The second kappa shape index (κ2) is 6.01. The van der Waals surface area contributed by atoms with Gasteiger partial charge in [0.2, 0.25) is 0 Å². The summed E-state index contributed by atoms with van der Waals surface area (Å²) in [6.07, 6.45) is 5.27. The lowest BCUT2D eigenvalue weighted by atomic mass is 9.99. The van der Waals surface area contributed by atoms with Gasteiger partial charge in [-0.1, -0.05) is 31.0 Å². The molecule has 18 heavy (non-hydrogen) atoms. The summed E-state index contributed by atoms with van der Waals surface area (Å²) in [7, 11) is 0. The maximum atomic E-state index is 11.1. The zero-order valence-corrected chi connectivity index (χ0v) is 10.9. The van der Waals surface area contributed by atoms with Gasteiger partial charge in [-0.15, -0.1) is 0 Å². The van der Waals surface area contributed by atoms with E-state index in [1.165, 1.54) is 25.7 Å². The van der Waals surface area contributed by atoms with E-state index in [0.29, 0.717) is 18.2 Å². The Labute approximate surface area is 108 Å². The van der Waals surface area contributed by atoms with Gasteiger partial charge < -0.3 is 10.4 Å². The second-order valence-corrected chi connectivity index (χ2v) is 5.18. The van der Waals surface area contributed by atoms with Crippen LogP contribution in [0.25, 0.3) is 0 Å². The minimum atomic E-state index is -0.846. The summed E-state index contributed by atoms with van der Waals surface area (Å²) in [5.74, 6) is -0.0945. The van der Waals surface area contributed by atoms with Crippen molar-refractivity contribution in [1.29, 1.82) is 0 Å². The average molecular weight is 247 g/mol. The van der Waals surface area contributed by atoms with Crippen molar-refractivity contribution in [2.45, 2.75) is 45.2 Å². The molecular formula is C15H21NO2. The number of carbonyl (C=O) groups is 1. The van der Waals surface area contributed by atoms with Crippen molar-refractivity contribution in [2.24, 2.45) is 5.92 Å². The van der Waals surface area contributed by atoms with Crippen LogP contribution in [0.1, 0.15) is 48.5 Å². The maximum absolute atomic E-state index is 11.1. The van der Waals surface area contributed by atoms with E-state index < -0.39 is 5.97 Å². The normalized spacial score (nSPS) is 17.8. The van der Waals surface area contributed by atoms with E-state index in [1.807, 2.05) is 12.1 Å². The highest BCUT2D eigenvalue weighted by atomic mass is 16.4. The van der Waals surface area contributed by atoms with E-state index in [4.69, 9.17) is 5.11 Å². The van der Waals surface area contributed by atoms with Gasteiger partial charge in [0.1, 0.15) is 0 Å². The first kappa shape index (κ1) is 13.1. The van der Waals surface area contributed by atoms with Crippen LogP contribution >= 0.6 is 0 Å². The van der Waals surface area contributed by atoms with E-state index in [9.17, 15) is 4.79 Å². The molecule has 0 saturated heterocycles. The number of carboxylic acids is 1. The third-order valence-electron chi connectivity index (χ3n) is 3.97. The first-order chi connectivity index (χ1) is 8.68. The van der Waals surface area contributed by atoms with Crippen LogP contribution in [0, 0.1) is 5.92 Å². The van der Waals surface area contributed by atoms with Gasteiger partial charge in [-0.3, -0.25) is 0 Å². The molecule has 0 aliphatic heterocycles. The number of carboxylic acid groups (broad SMARTS) is 1. The Morgan fingerprint density at radius 3 is 2.72 bits per heavy atom. The molecule has 2 rings (SSSR count). The lowest BCUT2D eigenvalue weighted by Gasteiger charge is -2.20. The Bertz CT molecular complexity index is 411. The molecule has 1 fully saturated rings. The van der Waals surface area contributed by atoms with Gasteiger partial charge in [-0.05, 0) is 37.3 Å². The van der Waals surface area contributed by atoms with Gasteiger partial charge >= 0.3 is 5.97 Å². The van der Waals surface area contributed by atoms with E-state index in [0.717, 1.165) is 11.5 Å². The van der Waals surface area contributed by atoms with Gasteiger partial charge in [0.05, 0.1) is 5.56 Å². The summed E-state index contributed by atoms with van der Waals surface area (Å²) in [4.78, 5) is 11.1. The van der Waals surface area contributed by atoms with Gasteiger partial charge in [0.25, 0.3) is 0 Å². The molecule has 98 valence electrons. The van der Waals surface area contributed by atoms with Crippen molar-refractivity contribution in [3.8, 4) is 0 Å². The minimum absolute atomic E-state index is 0.406. The zero-order valence-electron chi connectivity index (χ0n) is 10.9. The van der Waals surface area contributed by atoms with E-state index in [1.54, 1.807) is 12.1 Å². The van der Waals surface area contributed by atoms with Gasteiger partial charge in [0, 0.05) is 12.6 Å². The van der Waals surface area contributed by atoms with Crippen LogP contribution < -0.4 is 5.32 Å². The highest BCUT2D eigenvalue weighted by Gasteiger charge is 2.21. The predicted molar refractivity (Wildman–Crippen MR) is 71.7 cm³/mol. The maximum Gasteiger partial charge on any atom is 0.336 e. The highest BCUT2D eigenvalue weighted by molar-refractivity contribution is 5.89. The van der Waals surface area contributed by atoms with Gasteiger partial charge in [-0.25, -0.2) is 4.79 Å². The first-order valence-electron chi connectivity index (χ1n) is 6.73. The van der Waals surface area contributed by atoms with Crippen molar-refractivity contribution < 1.29 is 9.90 Å². The Kier molecular flexibility index (Phi) is 4.37. The Morgan fingerprint density at radius 1 is 1.39 bits per heavy atom. The Balaban J connectivity index is 1.95. The van der Waals surface area contributed by atoms with Crippen LogP contribution in [0.4, 0.5) is 0 Å². The number of benzene rings is 1. The standard InChI is InChI=1S/C15H21NO2/c1-11(12-6-2-3-7-12)16-10-13-8-4-5-9-14(13)15(17)18/h4-5,8-9,11-12,16H,2-3,6-7,10H2,1H3,(H,17,18)/t11-/m1/s1. The monoisotopic (exact) mass is 247 g/mol. The average Bonchev–Trinajstić information content (AvgIpc) is 2.90. The summed E-state index contributed by atoms with van der Waals surface area (Å²) in [5.41, 5.74) is 1.28. The third kappa shape index (κ3) is 3.10. The van der Waals surface area contributed by atoms with Crippen molar-refractivity contribution in [1.82, 2.24) is 5.32 Å². The number of nitrogens with one attached hydrogen (secondary N) is 1. The fourth-order valence-corrected chi connectivity index (χ4v) is 2.78. The number of aromatic carboxylic acids is 1. The molecule has 1 aliphatic carbocycles. The molecule has 1 atom stereocenters.